The van der Waals surface area contributed by atoms with Gasteiger partial charge >= 0.3 is 0 Å². The molecule has 1 fully saturated rings. The van der Waals surface area contributed by atoms with Gasteiger partial charge in [0.25, 0.3) is 0 Å². The standard InChI is InChI=1S/C22H19ClN4O2S/c23-18-8-4-5-9-19(18)28-13-20-25-26-22(27(20)17-10-11-17)30-14-16-12-29-21(24-16)15-6-2-1-3-7-15/h1-9,12,17H,10-11,13-14H2. The van der Waals surface area contributed by atoms with E-state index >= 15 is 0 Å². The van der Waals surface area contributed by atoms with Crippen LogP contribution in [0.4, 0.5) is 0 Å². The summed E-state index contributed by atoms with van der Waals surface area (Å²) in [5.74, 6) is 2.75. The fourth-order valence-electron chi connectivity index (χ4n) is 3.13. The number of benzene rings is 2. The van der Waals surface area contributed by atoms with Crippen LogP contribution >= 0.6 is 23.4 Å². The van der Waals surface area contributed by atoms with Crippen LogP contribution in [0.2, 0.25) is 5.02 Å². The first-order valence-electron chi connectivity index (χ1n) is 9.71. The van der Waals surface area contributed by atoms with Gasteiger partial charge < -0.3 is 9.15 Å². The number of aromatic nitrogens is 4. The molecule has 1 aliphatic rings. The molecule has 2 aromatic heterocycles. The molecule has 6 nitrogen and oxygen atoms in total. The fraction of sp³-hybridized carbons (Fsp3) is 0.227. The maximum atomic E-state index is 6.19. The molecular weight excluding hydrogens is 420 g/mol. The highest BCUT2D eigenvalue weighted by atomic mass is 35.5. The number of hydrogen-bond acceptors (Lipinski definition) is 6. The van der Waals surface area contributed by atoms with E-state index in [1.165, 1.54) is 0 Å². The molecule has 0 atom stereocenters. The van der Waals surface area contributed by atoms with Gasteiger partial charge in [-0.15, -0.1) is 10.2 Å². The van der Waals surface area contributed by atoms with Gasteiger partial charge in [0.1, 0.15) is 18.6 Å². The minimum Gasteiger partial charge on any atom is -0.484 e. The zero-order valence-corrected chi connectivity index (χ0v) is 17.6. The predicted molar refractivity (Wildman–Crippen MR) is 116 cm³/mol. The summed E-state index contributed by atoms with van der Waals surface area (Å²) in [6.07, 6.45) is 3.97. The molecule has 0 N–H and O–H groups in total. The minimum atomic E-state index is 0.329. The van der Waals surface area contributed by atoms with Crippen molar-refractivity contribution < 1.29 is 9.15 Å². The zero-order valence-electron chi connectivity index (χ0n) is 16.1. The van der Waals surface area contributed by atoms with Crippen molar-refractivity contribution in [2.75, 3.05) is 0 Å². The summed E-state index contributed by atoms with van der Waals surface area (Å²) in [5, 5.41) is 10.2. The third kappa shape index (κ3) is 4.22. The number of oxazole rings is 1. The number of para-hydroxylation sites is 1. The van der Waals surface area contributed by atoms with Crippen molar-refractivity contribution in [3.8, 4) is 17.2 Å². The van der Waals surface area contributed by atoms with E-state index in [9.17, 15) is 0 Å². The molecule has 0 unspecified atom stereocenters. The number of ether oxygens (including phenoxy) is 1. The molecule has 0 saturated heterocycles. The molecule has 1 saturated carbocycles. The van der Waals surface area contributed by atoms with E-state index in [0.29, 0.717) is 35.1 Å². The second-order valence-electron chi connectivity index (χ2n) is 7.02. The van der Waals surface area contributed by atoms with Crippen molar-refractivity contribution in [1.82, 2.24) is 19.7 Å². The van der Waals surface area contributed by atoms with Crippen LogP contribution in [0.25, 0.3) is 11.5 Å². The highest BCUT2D eigenvalue weighted by Crippen LogP contribution is 2.39. The number of rotatable bonds is 8. The van der Waals surface area contributed by atoms with E-state index in [2.05, 4.69) is 19.7 Å². The normalized spacial score (nSPS) is 13.5. The Balaban J connectivity index is 1.27. The number of nitrogens with zero attached hydrogens (tertiary/aromatic N) is 4. The van der Waals surface area contributed by atoms with Gasteiger partial charge in [-0.25, -0.2) is 4.98 Å². The Hall–Kier alpha value is -2.77. The summed E-state index contributed by atoms with van der Waals surface area (Å²) in [6.45, 7) is 0.329. The summed E-state index contributed by atoms with van der Waals surface area (Å²) in [7, 11) is 0. The SMILES string of the molecule is Clc1ccccc1OCc1nnc(SCc2coc(-c3ccccc3)n2)n1C1CC1. The Morgan fingerprint density at radius 3 is 2.67 bits per heavy atom. The lowest BCUT2D eigenvalue weighted by Gasteiger charge is -2.10. The van der Waals surface area contributed by atoms with Gasteiger partial charge in [0.15, 0.2) is 11.0 Å². The van der Waals surface area contributed by atoms with E-state index in [4.69, 9.17) is 20.8 Å². The second kappa shape index (κ2) is 8.53. The molecule has 1 aliphatic carbocycles. The summed E-state index contributed by atoms with van der Waals surface area (Å²) in [6, 6.07) is 17.8. The van der Waals surface area contributed by atoms with E-state index in [1.54, 1.807) is 18.0 Å². The molecule has 5 rings (SSSR count). The largest absolute Gasteiger partial charge is 0.484 e. The molecule has 0 radical (unpaired) electrons. The molecule has 30 heavy (non-hydrogen) atoms. The van der Waals surface area contributed by atoms with Crippen LogP contribution < -0.4 is 4.74 Å². The van der Waals surface area contributed by atoms with Crippen molar-refractivity contribution in [3.05, 3.63) is 77.4 Å². The lowest BCUT2D eigenvalue weighted by atomic mass is 10.2. The van der Waals surface area contributed by atoms with Crippen LogP contribution in [0, 0.1) is 0 Å². The smallest absolute Gasteiger partial charge is 0.226 e. The third-order valence-corrected chi connectivity index (χ3v) is 6.05. The quantitative estimate of drug-likeness (QED) is 0.324. The number of hydrogen-bond donors (Lipinski definition) is 0. The van der Waals surface area contributed by atoms with Crippen LogP contribution in [0.1, 0.15) is 30.4 Å². The Morgan fingerprint density at radius 2 is 1.87 bits per heavy atom. The highest BCUT2D eigenvalue weighted by molar-refractivity contribution is 7.98. The monoisotopic (exact) mass is 438 g/mol. The van der Waals surface area contributed by atoms with E-state index in [-0.39, 0.29) is 0 Å². The van der Waals surface area contributed by atoms with Gasteiger partial charge in [-0.05, 0) is 37.1 Å². The topological polar surface area (TPSA) is 66.0 Å². The molecule has 152 valence electrons. The van der Waals surface area contributed by atoms with Gasteiger partial charge in [-0.3, -0.25) is 4.57 Å². The van der Waals surface area contributed by atoms with Gasteiger partial charge in [-0.1, -0.05) is 53.7 Å². The van der Waals surface area contributed by atoms with Crippen molar-refractivity contribution >= 4 is 23.4 Å². The van der Waals surface area contributed by atoms with Crippen molar-refractivity contribution in [1.29, 1.82) is 0 Å². The van der Waals surface area contributed by atoms with Crippen molar-refractivity contribution in [2.24, 2.45) is 0 Å². The number of halogens is 1. The third-order valence-electron chi connectivity index (χ3n) is 4.76. The summed E-state index contributed by atoms with van der Waals surface area (Å²) in [5.41, 5.74) is 1.84. The van der Waals surface area contributed by atoms with Crippen LogP contribution in [0.5, 0.6) is 5.75 Å². The Labute approximate surface area is 183 Å². The van der Waals surface area contributed by atoms with E-state index in [0.717, 1.165) is 35.1 Å². The molecule has 4 aromatic rings. The molecule has 0 aliphatic heterocycles. The predicted octanol–water partition coefficient (Wildman–Crippen LogP) is 5.79. The zero-order chi connectivity index (χ0) is 20.3. The summed E-state index contributed by atoms with van der Waals surface area (Å²) in [4.78, 5) is 4.59. The average molecular weight is 439 g/mol. The van der Waals surface area contributed by atoms with E-state index < -0.39 is 0 Å². The van der Waals surface area contributed by atoms with Gasteiger partial charge in [0, 0.05) is 17.4 Å². The molecule has 2 heterocycles. The summed E-state index contributed by atoms with van der Waals surface area (Å²) >= 11 is 7.79. The molecule has 0 amide bonds. The van der Waals surface area contributed by atoms with E-state index in [1.807, 2.05) is 54.6 Å². The van der Waals surface area contributed by atoms with Crippen molar-refractivity contribution in [3.63, 3.8) is 0 Å². The average Bonchev–Trinajstić information content (AvgIpc) is 3.36. The first-order chi connectivity index (χ1) is 14.8. The van der Waals surface area contributed by atoms with Crippen LogP contribution in [0.3, 0.4) is 0 Å². The van der Waals surface area contributed by atoms with Crippen molar-refractivity contribution in [2.45, 2.75) is 36.4 Å². The van der Waals surface area contributed by atoms with Crippen LogP contribution in [-0.4, -0.2) is 19.7 Å². The molecular formula is C22H19ClN4O2S. The Kier molecular flexibility index (Phi) is 5.46. The Bertz CT molecular complexity index is 1140. The van der Waals surface area contributed by atoms with Gasteiger partial charge in [-0.2, -0.15) is 0 Å². The molecule has 2 aromatic carbocycles. The van der Waals surface area contributed by atoms with Gasteiger partial charge in [0.05, 0.1) is 10.7 Å². The lowest BCUT2D eigenvalue weighted by Crippen LogP contribution is -2.07. The van der Waals surface area contributed by atoms with Gasteiger partial charge in [0.2, 0.25) is 5.89 Å². The summed E-state index contributed by atoms with van der Waals surface area (Å²) < 4.78 is 13.7. The second-order valence-corrected chi connectivity index (χ2v) is 8.37. The van der Waals surface area contributed by atoms with Crippen LogP contribution in [-0.2, 0) is 12.4 Å². The van der Waals surface area contributed by atoms with Crippen LogP contribution in [0.15, 0.2) is 70.4 Å². The maximum absolute atomic E-state index is 6.19. The first-order valence-corrected chi connectivity index (χ1v) is 11.1. The Morgan fingerprint density at radius 1 is 1.07 bits per heavy atom. The molecule has 0 bridgehead atoms. The lowest BCUT2D eigenvalue weighted by molar-refractivity contribution is 0.288. The highest BCUT2D eigenvalue weighted by Gasteiger charge is 2.30. The molecule has 8 heteroatoms. The molecule has 0 spiro atoms. The fourth-order valence-corrected chi connectivity index (χ4v) is 4.22. The minimum absolute atomic E-state index is 0.329. The number of thioether (sulfide) groups is 1. The maximum Gasteiger partial charge on any atom is 0.226 e. The first kappa shape index (κ1) is 19.2.